The van der Waals surface area contributed by atoms with Crippen molar-refractivity contribution in [3.63, 3.8) is 0 Å². The second-order valence-electron chi connectivity index (χ2n) is 8.40. The monoisotopic (exact) mass is 475 g/mol. The molecule has 0 fully saturated rings. The molecule has 1 atom stereocenters. The van der Waals surface area contributed by atoms with Crippen molar-refractivity contribution in [2.75, 3.05) is 6.61 Å². The molecular weight excluding hydrogens is 451 g/mol. The first-order chi connectivity index (χ1) is 14.2. The van der Waals surface area contributed by atoms with Gasteiger partial charge < -0.3 is 15.2 Å². The topological polar surface area (TPSA) is 58.6 Å². The molecule has 0 radical (unpaired) electrons. The molecule has 1 amide bonds. The Balaban J connectivity index is 2.14. The highest BCUT2D eigenvalue weighted by molar-refractivity contribution is 7.99. The zero-order valence-electron chi connectivity index (χ0n) is 17.6. The van der Waals surface area contributed by atoms with Crippen LogP contribution in [-0.4, -0.2) is 28.9 Å². The summed E-state index contributed by atoms with van der Waals surface area (Å²) in [5.41, 5.74) is -1.74. The lowest BCUT2D eigenvalue weighted by Crippen LogP contribution is -2.52. The van der Waals surface area contributed by atoms with Gasteiger partial charge in [0.2, 0.25) is 0 Å². The zero-order chi connectivity index (χ0) is 23.4. The van der Waals surface area contributed by atoms with Gasteiger partial charge in [-0.1, -0.05) is 35.5 Å². The van der Waals surface area contributed by atoms with Crippen LogP contribution in [0.2, 0.25) is 5.02 Å². The lowest BCUT2D eigenvalue weighted by atomic mass is 9.94. The molecule has 2 N–H and O–H groups in total. The highest BCUT2D eigenvalue weighted by atomic mass is 35.5. The van der Waals surface area contributed by atoms with Crippen molar-refractivity contribution < 1.29 is 27.8 Å². The van der Waals surface area contributed by atoms with Crippen molar-refractivity contribution in [2.45, 2.75) is 61.2 Å². The summed E-state index contributed by atoms with van der Waals surface area (Å²) in [7, 11) is 0. The number of carbonyl (C=O) groups is 1. The third-order valence-corrected chi connectivity index (χ3v) is 5.49. The van der Waals surface area contributed by atoms with E-state index in [1.165, 1.54) is 6.07 Å². The molecule has 9 heteroatoms. The number of ether oxygens (including phenoxy) is 1. The summed E-state index contributed by atoms with van der Waals surface area (Å²) < 4.78 is 44.0. The van der Waals surface area contributed by atoms with Crippen LogP contribution < -0.4 is 5.32 Å². The fourth-order valence-electron chi connectivity index (χ4n) is 2.72. The summed E-state index contributed by atoms with van der Waals surface area (Å²) >= 11 is 7.54. The molecule has 0 saturated heterocycles. The number of hydrogen-bond donors (Lipinski definition) is 2. The standard InChI is InChI=1S/C22H25ClF3NO3S/c1-20(2,3)30-19(29)27-21(4,13-28)12-14-8-9-17(11-18(14)23)31-16-7-5-6-15(10-16)22(24,25)26/h5-11,28H,12-13H2,1-4H3,(H,27,29)/t21-/m0/s1. The van der Waals surface area contributed by atoms with Crippen LogP contribution in [0.25, 0.3) is 0 Å². The van der Waals surface area contributed by atoms with Crippen LogP contribution in [-0.2, 0) is 17.3 Å². The van der Waals surface area contributed by atoms with E-state index in [2.05, 4.69) is 5.32 Å². The summed E-state index contributed by atoms with van der Waals surface area (Å²) in [6.45, 7) is 6.53. The lowest BCUT2D eigenvalue weighted by Gasteiger charge is -2.31. The average Bonchev–Trinajstić information content (AvgIpc) is 2.62. The van der Waals surface area contributed by atoms with E-state index in [1.54, 1.807) is 52.0 Å². The molecule has 0 saturated carbocycles. The van der Waals surface area contributed by atoms with E-state index < -0.39 is 29.0 Å². The smallest absolute Gasteiger partial charge is 0.416 e. The molecule has 2 rings (SSSR count). The van der Waals surface area contributed by atoms with Gasteiger partial charge in [0.25, 0.3) is 0 Å². The number of aliphatic hydroxyl groups excluding tert-OH is 1. The number of benzene rings is 2. The Morgan fingerprint density at radius 1 is 1.10 bits per heavy atom. The van der Waals surface area contributed by atoms with Crippen LogP contribution in [0.4, 0.5) is 18.0 Å². The normalized spacial score (nSPS) is 14.1. The van der Waals surface area contributed by atoms with Crippen LogP contribution in [0.3, 0.4) is 0 Å². The minimum Gasteiger partial charge on any atom is -0.444 e. The minimum absolute atomic E-state index is 0.232. The Morgan fingerprint density at radius 3 is 2.29 bits per heavy atom. The molecule has 0 spiro atoms. The van der Waals surface area contributed by atoms with Crippen molar-refractivity contribution in [1.29, 1.82) is 0 Å². The molecule has 2 aromatic rings. The first kappa shape index (κ1) is 25.4. The number of alkyl halides is 3. The zero-order valence-corrected chi connectivity index (χ0v) is 19.2. The van der Waals surface area contributed by atoms with Crippen molar-refractivity contribution in [3.8, 4) is 0 Å². The van der Waals surface area contributed by atoms with Gasteiger partial charge in [-0.25, -0.2) is 4.79 Å². The Labute approximate surface area is 189 Å². The largest absolute Gasteiger partial charge is 0.444 e. The van der Waals surface area contributed by atoms with Crippen molar-refractivity contribution in [2.24, 2.45) is 0 Å². The highest BCUT2D eigenvalue weighted by Crippen LogP contribution is 2.36. The van der Waals surface area contributed by atoms with Gasteiger partial charge in [-0.05, 0) is 70.0 Å². The van der Waals surface area contributed by atoms with Crippen LogP contribution >= 0.6 is 23.4 Å². The Morgan fingerprint density at radius 2 is 1.74 bits per heavy atom. The number of amides is 1. The first-order valence-corrected chi connectivity index (χ1v) is 10.7. The molecule has 4 nitrogen and oxygen atoms in total. The number of aliphatic hydroxyl groups is 1. The maximum atomic E-state index is 12.9. The number of halogens is 4. The van der Waals surface area contributed by atoms with E-state index in [4.69, 9.17) is 16.3 Å². The van der Waals surface area contributed by atoms with Crippen LogP contribution in [0.15, 0.2) is 52.3 Å². The second kappa shape index (κ2) is 9.71. The molecule has 170 valence electrons. The number of nitrogens with one attached hydrogen (secondary N) is 1. The SMILES string of the molecule is CC(C)(C)OC(=O)N[C@](C)(CO)Cc1ccc(Sc2cccc(C(F)(F)F)c2)cc1Cl. The van der Waals surface area contributed by atoms with Crippen molar-refractivity contribution in [1.82, 2.24) is 5.32 Å². The molecule has 0 unspecified atom stereocenters. The first-order valence-electron chi connectivity index (χ1n) is 9.46. The highest BCUT2D eigenvalue weighted by Gasteiger charge is 2.31. The number of rotatable bonds is 6. The third-order valence-electron chi connectivity index (χ3n) is 4.15. The predicted octanol–water partition coefficient (Wildman–Crippen LogP) is 6.33. The van der Waals surface area contributed by atoms with Crippen molar-refractivity contribution in [3.05, 3.63) is 58.6 Å². The van der Waals surface area contributed by atoms with Gasteiger partial charge in [-0.15, -0.1) is 0 Å². The summed E-state index contributed by atoms with van der Waals surface area (Å²) in [5.74, 6) is 0. The van der Waals surface area contributed by atoms with Gasteiger partial charge in [-0.3, -0.25) is 0 Å². The number of carbonyl (C=O) groups excluding carboxylic acids is 1. The van der Waals surface area contributed by atoms with Crippen molar-refractivity contribution >= 4 is 29.5 Å². The van der Waals surface area contributed by atoms with Crippen LogP contribution in [0.5, 0.6) is 0 Å². The van der Waals surface area contributed by atoms with Gasteiger partial charge in [0.05, 0.1) is 17.7 Å². The molecule has 0 aliphatic rings. The second-order valence-corrected chi connectivity index (χ2v) is 9.96. The molecule has 0 aliphatic heterocycles. The van der Waals surface area contributed by atoms with E-state index in [0.717, 1.165) is 23.9 Å². The summed E-state index contributed by atoms with van der Waals surface area (Å²) in [6.07, 6.45) is -4.83. The molecule has 2 aromatic carbocycles. The molecule has 0 bridgehead atoms. The minimum atomic E-state index is -4.41. The number of hydrogen-bond acceptors (Lipinski definition) is 4. The molecule has 0 aliphatic carbocycles. The molecule has 0 aromatic heterocycles. The van der Waals surface area contributed by atoms with Gasteiger partial charge in [0.1, 0.15) is 5.60 Å². The summed E-state index contributed by atoms with van der Waals surface area (Å²) in [6, 6.07) is 10.2. The Kier molecular flexibility index (Phi) is 7.94. The molecule has 31 heavy (non-hydrogen) atoms. The maximum absolute atomic E-state index is 12.9. The van der Waals surface area contributed by atoms with E-state index >= 15 is 0 Å². The van der Waals surface area contributed by atoms with Crippen LogP contribution in [0.1, 0.15) is 38.8 Å². The van der Waals surface area contributed by atoms with E-state index in [9.17, 15) is 23.1 Å². The van der Waals surface area contributed by atoms with E-state index in [0.29, 0.717) is 20.4 Å². The van der Waals surface area contributed by atoms with Gasteiger partial charge in [0.15, 0.2) is 0 Å². The lowest BCUT2D eigenvalue weighted by molar-refractivity contribution is -0.137. The van der Waals surface area contributed by atoms with E-state index in [1.807, 2.05) is 0 Å². The molecule has 0 heterocycles. The van der Waals surface area contributed by atoms with Crippen LogP contribution in [0, 0.1) is 0 Å². The fraction of sp³-hybridized carbons (Fsp3) is 0.409. The average molecular weight is 476 g/mol. The van der Waals surface area contributed by atoms with E-state index in [-0.39, 0.29) is 13.0 Å². The summed E-state index contributed by atoms with van der Waals surface area (Å²) in [5, 5.41) is 12.9. The maximum Gasteiger partial charge on any atom is 0.416 e. The fourth-order valence-corrected chi connectivity index (χ4v) is 3.95. The van der Waals surface area contributed by atoms with Gasteiger partial charge in [0, 0.05) is 14.8 Å². The Hall–Kier alpha value is -1.90. The summed E-state index contributed by atoms with van der Waals surface area (Å²) in [4.78, 5) is 13.2. The third kappa shape index (κ3) is 7.94. The van der Waals surface area contributed by atoms with Gasteiger partial charge >= 0.3 is 12.3 Å². The molecular formula is C22H25ClF3NO3S. The van der Waals surface area contributed by atoms with Gasteiger partial charge in [-0.2, -0.15) is 13.2 Å². The predicted molar refractivity (Wildman–Crippen MR) is 116 cm³/mol. The Bertz CT molecular complexity index is 931. The number of alkyl carbamates (subject to hydrolysis) is 1. The quantitative estimate of drug-likeness (QED) is 0.512.